The van der Waals surface area contributed by atoms with Gasteiger partial charge in [0.1, 0.15) is 0 Å². The SMILES string of the molecule is CC(C)CN.Cc1ccc(S(=O)(=O)O)cc1. The number of benzene rings is 1. The van der Waals surface area contributed by atoms with Crippen LogP contribution in [0.5, 0.6) is 0 Å². The molecule has 1 aromatic carbocycles. The highest BCUT2D eigenvalue weighted by Gasteiger charge is 2.06. The Morgan fingerprint density at radius 3 is 1.88 bits per heavy atom. The fourth-order valence-corrected chi connectivity index (χ4v) is 1.19. The molecule has 0 aromatic heterocycles. The molecule has 5 heteroatoms. The van der Waals surface area contributed by atoms with Crippen molar-refractivity contribution in [3.63, 3.8) is 0 Å². The van der Waals surface area contributed by atoms with Gasteiger partial charge < -0.3 is 5.73 Å². The summed E-state index contributed by atoms with van der Waals surface area (Å²) in [5.74, 6) is 0.662. The van der Waals surface area contributed by atoms with Gasteiger partial charge >= 0.3 is 0 Å². The molecular weight excluding hydrogens is 226 g/mol. The fraction of sp³-hybridized carbons (Fsp3) is 0.455. The molecule has 0 saturated heterocycles. The van der Waals surface area contributed by atoms with E-state index in [0.29, 0.717) is 5.92 Å². The van der Waals surface area contributed by atoms with E-state index in [9.17, 15) is 8.42 Å². The first-order valence-electron chi connectivity index (χ1n) is 5.01. The summed E-state index contributed by atoms with van der Waals surface area (Å²) in [6.45, 7) is 6.84. The first-order chi connectivity index (χ1) is 7.27. The second kappa shape index (κ2) is 6.62. The average molecular weight is 245 g/mol. The second-order valence-corrected chi connectivity index (χ2v) is 5.34. The summed E-state index contributed by atoms with van der Waals surface area (Å²) in [4.78, 5) is -0.0666. The number of nitrogens with two attached hydrogens (primary N) is 1. The van der Waals surface area contributed by atoms with Crippen LogP contribution in [0, 0.1) is 12.8 Å². The minimum atomic E-state index is -4.02. The van der Waals surface area contributed by atoms with E-state index in [1.54, 1.807) is 12.1 Å². The lowest BCUT2D eigenvalue weighted by Gasteiger charge is -1.95. The van der Waals surface area contributed by atoms with Crippen molar-refractivity contribution in [2.45, 2.75) is 25.7 Å². The van der Waals surface area contributed by atoms with E-state index in [-0.39, 0.29) is 4.90 Å². The third-order valence-corrected chi connectivity index (χ3v) is 2.66. The van der Waals surface area contributed by atoms with Crippen LogP contribution in [0.15, 0.2) is 29.2 Å². The van der Waals surface area contributed by atoms with Crippen molar-refractivity contribution in [1.29, 1.82) is 0 Å². The molecule has 4 nitrogen and oxygen atoms in total. The quantitative estimate of drug-likeness (QED) is 0.779. The molecule has 1 rings (SSSR count). The van der Waals surface area contributed by atoms with Crippen molar-refractivity contribution in [1.82, 2.24) is 0 Å². The van der Waals surface area contributed by atoms with E-state index >= 15 is 0 Å². The van der Waals surface area contributed by atoms with Gasteiger partial charge in [-0.05, 0) is 31.5 Å². The molecule has 1 aromatic rings. The van der Waals surface area contributed by atoms with Gasteiger partial charge in [0.25, 0.3) is 10.1 Å². The summed E-state index contributed by atoms with van der Waals surface area (Å²) < 4.78 is 29.6. The van der Waals surface area contributed by atoms with Gasteiger partial charge in [-0.1, -0.05) is 31.5 Å². The van der Waals surface area contributed by atoms with Crippen molar-refractivity contribution < 1.29 is 13.0 Å². The summed E-state index contributed by atoms with van der Waals surface area (Å²) in [6.07, 6.45) is 0. The third-order valence-electron chi connectivity index (χ3n) is 1.79. The number of hydrogen-bond acceptors (Lipinski definition) is 3. The van der Waals surface area contributed by atoms with Gasteiger partial charge in [-0.2, -0.15) is 8.42 Å². The lowest BCUT2D eigenvalue weighted by atomic mass is 10.2. The molecule has 0 amide bonds. The van der Waals surface area contributed by atoms with Gasteiger partial charge in [-0.25, -0.2) is 0 Å². The zero-order valence-corrected chi connectivity index (χ0v) is 10.7. The van der Waals surface area contributed by atoms with Crippen molar-refractivity contribution in [2.24, 2.45) is 11.7 Å². The van der Waals surface area contributed by atoms with E-state index in [2.05, 4.69) is 13.8 Å². The predicted octanol–water partition coefficient (Wildman–Crippen LogP) is 1.84. The van der Waals surface area contributed by atoms with Crippen LogP contribution in [0.3, 0.4) is 0 Å². The number of hydrogen-bond donors (Lipinski definition) is 2. The minimum Gasteiger partial charge on any atom is -0.330 e. The van der Waals surface area contributed by atoms with Crippen LogP contribution in [0.1, 0.15) is 19.4 Å². The zero-order valence-electron chi connectivity index (χ0n) is 9.84. The van der Waals surface area contributed by atoms with Crippen LogP contribution >= 0.6 is 0 Å². The molecule has 16 heavy (non-hydrogen) atoms. The summed E-state index contributed by atoms with van der Waals surface area (Å²) in [5.41, 5.74) is 6.13. The van der Waals surface area contributed by atoms with Gasteiger partial charge in [0, 0.05) is 0 Å². The van der Waals surface area contributed by atoms with Crippen LogP contribution in [0.4, 0.5) is 0 Å². The van der Waals surface area contributed by atoms with Crippen molar-refractivity contribution in [3.05, 3.63) is 29.8 Å². The molecule has 0 heterocycles. The van der Waals surface area contributed by atoms with Crippen molar-refractivity contribution >= 4 is 10.1 Å². The summed E-state index contributed by atoms with van der Waals surface area (Å²) in [5, 5.41) is 0. The number of aryl methyl sites for hydroxylation is 1. The van der Waals surface area contributed by atoms with Crippen LogP contribution < -0.4 is 5.73 Å². The summed E-state index contributed by atoms with van der Waals surface area (Å²) in [6, 6.07) is 5.99. The number of rotatable bonds is 2. The normalized spacial score (nSPS) is 10.9. The zero-order chi connectivity index (χ0) is 12.8. The molecule has 3 N–H and O–H groups in total. The van der Waals surface area contributed by atoms with Crippen molar-refractivity contribution in [2.75, 3.05) is 6.54 Å². The van der Waals surface area contributed by atoms with Crippen molar-refractivity contribution in [3.8, 4) is 0 Å². The Labute approximate surface area is 97.2 Å². The fourth-order valence-electron chi connectivity index (χ4n) is 0.710. The minimum absolute atomic E-state index is 0.0666. The lowest BCUT2D eigenvalue weighted by Crippen LogP contribution is -2.05. The molecule has 0 atom stereocenters. The van der Waals surface area contributed by atoms with Gasteiger partial charge in [-0.15, -0.1) is 0 Å². The Morgan fingerprint density at radius 2 is 1.62 bits per heavy atom. The first-order valence-corrected chi connectivity index (χ1v) is 6.45. The molecule has 0 bridgehead atoms. The van der Waals surface area contributed by atoms with E-state index in [4.69, 9.17) is 10.3 Å². The van der Waals surface area contributed by atoms with Gasteiger partial charge in [0.2, 0.25) is 0 Å². The smallest absolute Gasteiger partial charge is 0.294 e. The summed E-state index contributed by atoms with van der Waals surface area (Å²) in [7, 11) is -4.02. The highest BCUT2D eigenvalue weighted by Crippen LogP contribution is 2.08. The van der Waals surface area contributed by atoms with Crippen LogP contribution in [-0.4, -0.2) is 19.5 Å². The molecule has 0 aliphatic heterocycles. The Kier molecular flexibility index (Phi) is 6.25. The topological polar surface area (TPSA) is 80.4 Å². The van der Waals surface area contributed by atoms with Gasteiger partial charge in [-0.3, -0.25) is 4.55 Å². The van der Waals surface area contributed by atoms with E-state index in [0.717, 1.165) is 12.1 Å². The van der Waals surface area contributed by atoms with E-state index in [1.165, 1.54) is 12.1 Å². The maximum absolute atomic E-state index is 10.5. The standard InChI is InChI=1S/C7H8O3S.C4H11N/c1-6-2-4-7(5-3-6)11(8,9)10;1-4(2)3-5/h2-5H,1H3,(H,8,9,10);4H,3,5H2,1-2H3. The molecule has 0 unspecified atom stereocenters. The molecule has 0 saturated carbocycles. The van der Waals surface area contributed by atoms with E-state index < -0.39 is 10.1 Å². The Morgan fingerprint density at radius 1 is 1.25 bits per heavy atom. The Bertz CT molecular complexity index is 396. The monoisotopic (exact) mass is 245 g/mol. The lowest BCUT2D eigenvalue weighted by molar-refractivity contribution is 0.483. The highest BCUT2D eigenvalue weighted by molar-refractivity contribution is 7.85. The molecule has 0 fully saturated rings. The molecule has 0 radical (unpaired) electrons. The molecule has 92 valence electrons. The van der Waals surface area contributed by atoms with Crippen LogP contribution in [0.25, 0.3) is 0 Å². The maximum atomic E-state index is 10.5. The van der Waals surface area contributed by atoms with Crippen LogP contribution in [-0.2, 0) is 10.1 Å². The first kappa shape index (κ1) is 15.1. The maximum Gasteiger partial charge on any atom is 0.294 e. The predicted molar refractivity (Wildman–Crippen MR) is 64.9 cm³/mol. The second-order valence-electron chi connectivity index (χ2n) is 3.92. The highest BCUT2D eigenvalue weighted by atomic mass is 32.2. The summed E-state index contributed by atoms with van der Waals surface area (Å²) >= 11 is 0. The van der Waals surface area contributed by atoms with Gasteiger partial charge in [0.05, 0.1) is 4.90 Å². The molecule has 0 spiro atoms. The Balaban J connectivity index is 0.000000385. The average Bonchev–Trinajstić information content (AvgIpc) is 2.18. The molecular formula is C11H19NO3S. The largest absolute Gasteiger partial charge is 0.330 e. The van der Waals surface area contributed by atoms with Crippen LogP contribution in [0.2, 0.25) is 0 Å². The molecule has 0 aliphatic carbocycles. The third kappa shape index (κ3) is 6.55. The van der Waals surface area contributed by atoms with E-state index in [1.807, 2.05) is 6.92 Å². The molecule has 0 aliphatic rings. The van der Waals surface area contributed by atoms with Gasteiger partial charge in [0.15, 0.2) is 0 Å². The Hall–Kier alpha value is -0.910.